The summed E-state index contributed by atoms with van der Waals surface area (Å²) in [5, 5.41) is 7.70. The molecule has 2 nitrogen and oxygen atoms in total. The zero-order valence-corrected chi connectivity index (χ0v) is 26.1. The van der Waals surface area contributed by atoms with Gasteiger partial charge in [-0.15, -0.1) is 34.8 Å². The minimum Gasteiger partial charge on any atom is -0.674 e. The number of nitrogens with zero attached hydrogens (tertiary/aromatic N) is 2. The van der Waals surface area contributed by atoms with Gasteiger partial charge in [0.05, 0.1) is 0 Å². The first-order valence-corrected chi connectivity index (χ1v) is 11.5. The molecule has 0 N–H and O–H groups in total. The number of benzene rings is 3. The second-order valence-electron chi connectivity index (χ2n) is 9.61. The van der Waals surface area contributed by atoms with Crippen LogP contribution in [0.1, 0.15) is 77.6 Å². The van der Waals surface area contributed by atoms with Crippen LogP contribution in [0.4, 0.5) is 5.69 Å². The summed E-state index contributed by atoms with van der Waals surface area (Å²) < 4.78 is 0. The van der Waals surface area contributed by atoms with E-state index in [0.29, 0.717) is 11.8 Å². The Morgan fingerprint density at radius 2 is 1.36 bits per heavy atom. The third-order valence-corrected chi connectivity index (χ3v) is 6.09. The largest absolute Gasteiger partial charge is 4.00 e. The number of aromatic nitrogens is 1. The zero-order chi connectivity index (χ0) is 22.9. The molecular weight excluding hydrogens is 603 g/mol. The Labute approximate surface area is 239 Å². The van der Waals surface area contributed by atoms with Crippen LogP contribution in [0.15, 0.2) is 72.8 Å². The molecule has 0 aliphatic rings. The first-order valence-electron chi connectivity index (χ1n) is 11.5. The minimum absolute atomic E-state index is 0. The Bertz CT molecular complexity index is 1210. The molecule has 0 amide bonds. The van der Waals surface area contributed by atoms with Gasteiger partial charge in [0.15, 0.2) is 0 Å². The van der Waals surface area contributed by atoms with Crippen molar-refractivity contribution in [2.45, 2.75) is 66.3 Å². The van der Waals surface area contributed by atoms with E-state index in [4.69, 9.17) is 10.3 Å². The topological polar surface area (TPSA) is 27.0 Å². The van der Waals surface area contributed by atoms with Gasteiger partial charge >= 0.3 is 25.8 Å². The summed E-state index contributed by atoms with van der Waals surface area (Å²) >= 11 is 0. The van der Waals surface area contributed by atoms with E-state index < -0.39 is 5.54 Å². The van der Waals surface area contributed by atoms with E-state index in [0.717, 1.165) is 22.6 Å². The van der Waals surface area contributed by atoms with E-state index in [-0.39, 0.29) is 48.1 Å². The predicted octanol–water partition coefficient (Wildman–Crippen LogP) is 10.4. The molecule has 0 bridgehead atoms. The molecule has 4 rings (SSSR count). The molecule has 0 unspecified atom stereocenters. The van der Waals surface area contributed by atoms with Crippen LogP contribution in [0, 0.1) is 20.9 Å². The van der Waals surface area contributed by atoms with Gasteiger partial charge in [0.2, 0.25) is 0 Å². The van der Waals surface area contributed by atoms with Crippen LogP contribution >= 0.6 is 0 Å². The molecule has 3 aromatic carbocycles. The average molecular weight is 645 g/mol. The van der Waals surface area contributed by atoms with Crippen LogP contribution in [0.3, 0.4) is 0 Å². The Kier molecular flexibility index (Phi) is 13.0. The van der Waals surface area contributed by atoms with E-state index in [1.165, 1.54) is 21.9 Å². The second kappa shape index (κ2) is 13.9. The Morgan fingerprint density at radius 1 is 0.778 bits per heavy atom. The van der Waals surface area contributed by atoms with E-state index >= 15 is 0 Å². The van der Waals surface area contributed by atoms with Gasteiger partial charge in [0.25, 0.3) is 0 Å². The third kappa shape index (κ3) is 6.94. The maximum atomic E-state index is 5.33. The van der Waals surface area contributed by atoms with Gasteiger partial charge in [-0.3, -0.25) is 0 Å². The van der Waals surface area contributed by atoms with E-state index in [1.807, 2.05) is 6.07 Å². The Hall–Kier alpha value is -2.26. The molecule has 0 aliphatic carbocycles. The third-order valence-electron chi connectivity index (χ3n) is 6.09. The molecular formula is C33H42HfN2. The van der Waals surface area contributed by atoms with Crippen LogP contribution in [0.5, 0.6) is 0 Å². The van der Waals surface area contributed by atoms with Crippen molar-refractivity contribution in [1.82, 2.24) is 4.98 Å². The van der Waals surface area contributed by atoms with Gasteiger partial charge in [0, 0.05) is 5.69 Å². The number of fused-ring (bicyclic) bond motifs is 1. The molecule has 0 saturated carbocycles. The smallest absolute Gasteiger partial charge is 0.674 e. The van der Waals surface area contributed by atoms with Gasteiger partial charge in [0.1, 0.15) is 0 Å². The van der Waals surface area contributed by atoms with Crippen molar-refractivity contribution < 1.29 is 25.8 Å². The maximum Gasteiger partial charge on any atom is 4.00 e. The van der Waals surface area contributed by atoms with Crippen molar-refractivity contribution in [3.63, 3.8) is 0 Å². The molecule has 0 radical (unpaired) electrons. The number of para-hydroxylation sites is 1. The van der Waals surface area contributed by atoms with Crippen molar-refractivity contribution in [2.24, 2.45) is 0 Å². The summed E-state index contributed by atoms with van der Waals surface area (Å²) in [6.07, 6.45) is 0. The SMILES string of the molecule is C.CC(C)c1cccc(C(C)C)c1[N-]C(C)(C)c1cccc(-c2[c-]ccc3ccccc23)n1.[CH3-].[CH3-].[Hf+4]. The molecule has 0 spiro atoms. The first-order chi connectivity index (χ1) is 15.3. The summed E-state index contributed by atoms with van der Waals surface area (Å²) in [4.78, 5) is 5.09. The number of hydrogen-bond donors (Lipinski definition) is 0. The fraction of sp³-hybridized carbons (Fsp3) is 0.303. The van der Waals surface area contributed by atoms with Gasteiger partial charge in [-0.2, -0.15) is 0 Å². The minimum atomic E-state index is -0.463. The first kappa shape index (κ1) is 33.7. The predicted molar refractivity (Wildman–Crippen MR) is 156 cm³/mol. The van der Waals surface area contributed by atoms with Crippen molar-refractivity contribution >= 4 is 16.5 Å². The summed E-state index contributed by atoms with van der Waals surface area (Å²) in [7, 11) is 0. The van der Waals surface area contributed by atoms with E-state index in [2.05, 4.69) is 114 Å². The maximum absolute atomic E-state index is 5.33. The molecule has 0 fully saturated rings. The summed E-state index contributed by atoms with van der Waals surface area (Å²) in [5.74, 6) is 0.820. The molecule has 1 aromatic heterocycles. The second-order valence-corrected chi connectivity index (χ2v) is 9.61. The number of rotatable bonds is 6. The molecule has 188 valence electrons. The van der Waals surface area contributed by atoms with Crippen LogP contribution in [0.25, 0.3) is 27.3 Å². The van der Waals surface area contributed by atoms with Gasteiger partial charge in [-0.1, -0.05) is 126 Å². The molecule has 3 heteroatoms. The molecule has 1 heterocycles. The molecule has 0 atom stereocenters. The number of hydrogen-bond acceptors (Lipinski definition) is 1. The summed E-state index contributed by atoms with van der Waals surface area (Å²) in [5.41, 5.74) is 6.17. The molecule has 36 heavy (non-hydrogen) atoms. The number of pyridine rings is 1. The quantitative estimate of drug-likeness (QED) is 0.152. The van der Waals surface area contributed by atoms with Crippen LogP contribution in [-0.4, -0.2) is 4.98 Å². The summed E-state index contributed by atoms with van der Waals surface area (Å²) in [6, 6.07) is 28.7. The van der Waals surface area contributed by atoms with Crippen molar-refractivity contribution in [2.75, 3.05) is 0 Å². The van der Waals surface area contributed by atoms with Gasteiger partial charge in [-0.05, 0) is 23.6 Å². The normalized spacial score (nSPS) is 10.7. The van der Waals surface area contributed by atoms with Gasteiger partial charge in [-0.25, -0.2) is 0 Å². The molecule has 4 aromatic rings. The van der Waals surface area contributed by atoms with Crippen molar-refractivity contribution in [1.29, 1.82) is 0 Å². The van der Waals surface area contributed by atoms with E-state index in [9.17, 15) is 0 Å². The monoisotopic (exact) mass is 646 g/mol. The van der Waals surface area contributed by atoms with Gasteiger partial charge < -0.3 is 25.2 Å². The standard InChI is InChI=1S/C30H32N2.CH4.2CH3.Hf/c1-20(2)23-15-10-16-24(21(3)4)29(23)32-30(5,6)28-19-11-18-27(31-28)26-17-9-13-22-12-7-8-14-25(22)26;;;;/h7-16,18-21H,1-6H3;1H4;2*1H3;/q-2;;2*-1;+4. The zero-order valence-electron chi connectivity index (χ0n) is 22.5. The van der Waals surface area contributed by atoms with Crippen molar-refractivity contribution in [3.05, 3.63) is 116 Å². The molecule has 0 saturated heterocycles. The van der Waals surface area contributed by atoms with E-state index in [1.54, 1.807) is 0 Å². The van der Waals surface area contributed by atoms with Crippen LogP contribution in [0.2, 0.25) is 0 Å². The van der Waals surface area contributed by atoms with Crippen molar-refractivity contribution in [3.8, 4) is 11.3 Å². The Balaban J connectivity index is 0.00000306. The molecule has 0 aliphatic heterocycles. The Morgan fingerprint density at radius 3 is 1.97 bits per heavy atom. The van der Waals surface area contributed by atoms with Crippen LogP contribution in [-0.2, 0) is 31.4 Å². The fourth-order valence-electron chi connectivity index (χ4n) is 4.27. The average Bonchev–Trinajstić information content (AvgIpc) is 2.78. The fourth-order valence-corrected chi connectivity index (χ4v) is 4.27. The summed E-state index contributed by atoms with van der Waals surface area (Å²) in [6.45, 7) is 13.3. The van der Waals surface area contributed by atoms with Crippen LogP contribution < -0.4 is 0 Å².